The van der Waals surface area contributed by atoms with Crippen LogP contribution in [0, 0.1) is 17.0 Å². The molecule has 0 unspecified atom stereocenters. The maximum absolute atomic E-state index is 13.5. The molecule has 9 heteroatoms. The Kier molecular flexibility index (Phi) is 4.06. The van der Waals surface area contributed by atoms with Gasteiger partial charge in [-0.3, -0.25) is 9.98 Å². The number of nitrogens with zero attached hydrogens (tertiary/aromatic N) is 2. The molecule has 0 radical (unpaired) electrons. The maximum Gasteiger partial charge on any atom is 0.337 e. The molecular weight excluding hydrogens is 298 g/mol. The second kappa shape index (κ2) is 5.80. The Morgan fingerprint density at radius 3 is 2.59 bits per heavy atom. The summed E-state index contributed by atoms with van der Waals surface area (Å²) in [6, 6.07) is 2.67. The van der Waals surface area contributed by atoms with Crippen molar-refractivity contribution in [2.24, 2.45) is 7.05 Å². The summed E-state index contributed by atoms with van der Waals surface area (Å²) in [5.41, 5.74) is -1.49. The lowest BCUT2D eigenvalue weighted by Gasteiger charge is -2.10. The fourth-order valence-electron chi connectivity index (χ4n) is 1.72. The average Bonchev–Trinajstić information content (AvgIpc) is 2.49. The van der Waals surface area contributed by atoms with Gasteiger partial charge in [-0.1, -0.05) is 0 Å². The molecule has 0 bridgehead atoms. The van der Waals surface area contributed by atoms with Crippen LogP contribution in [0.2, 0.25) is 0 Å². The van der Waals surface area contributed by atoms with Crippen LogP contribution < -0.4 is 21.2 Å². The van der Waals surface area contributed by atoms with Crippen molar-refractivity contribution in [2.45, 2.75) is 0 Å². The van der Waals surface area contributed by atoms with Gasteiger partial charge in [0.05, 0.1) is 13.3 Å². The highest BCUT2D eigenvalue weighted by Crippen LogP contribution is 2.20. The highest BCUT2D eigenvalue weighted by molar-refractivity contribution is 5.90. The first kappa shape index (κ1) is 15.4. The topological polar surface area (TPSA) is 89.1 Å². The van der Waals surface area contributed by atoms with E-state index in [1.165, 1.54) is 19.2 Å². The zero-order chi connectivity index (χ0) is 16.4. The first-order valence-corrected chi connectivity index (χ1v) is 6.03. The number of halogens is 2. The molecule has 1 amide bonds. The number of ether oxygens (including phenoxy) is 1. The third kappa shape index (κ3) is 2.73. The van der Waals surface area contributed by atoms with Crippen LogP contribution in [-0.4, -0.2) is 22.3 Å². The summed E-state index contributed by atoms with van der Waals surface area (Å²) < 4.78 is 32.8. The molecule has 0 aliphatic carbocycles. The van der Waals surface area contributed by atoms with Gasteiger partial charge in [-0.15, -0.1) is 0 Å². The Morgan fingerprint density at radius 2 is 2.00 bits per heavy atom. The van der Waals surface area contributed by atoms with Crippen molar-refractivity contribution in [3.63, 3.8) is 0 Å². The molecule has 116 valence electrons. The van der Waals surface area contributed by atoms with Crippen molar-refractivity contribution >= 4 is 11.7 Å². The summed E-state index contributed by atoms with van der Waals surface area (Å²) in [6.07, 6.45) is 0.597. The van der Waals surface area contributed by atoms with Crippen molar-refractivity contribution in [3.05, 3.63) is 52.0 Å². The highest BCUT2D eigenvalue weighted by Gasteiger charge is 2.13. The number of benzene rings is 1. The van der Waals surface area contributed by atoms with E-state index in [0.29, 0.717) is 15.3 Å². The Morgan fingerprint density at radius 1 is 1.32 bits per heavy atom. The van der Waals surface area contributed by atoms with E-state index in [9.17, 15) is 18.4 Å². The maximum atomic E-state index is 13.5. The fraction of sp³-hybridized carbons (Fsp3) is 0.154. The van der Waals surface area contributed by atoms with Crippen LogP contribution in [0.5, 0.6) is 5.75 Å². The molecule has 1 aromatic carbocycles. The number of amides is 1. The normalized spacial score (nSPS) is 10.4. The first-order valence-electron chi connectivity index (χ1n) is 6.03. The van der Waals surface area contributed by atoms with Gasteiger partial charge in [0.15, 0.2) is 22.9 Å². The SMILES string of the molecule is COc1ccc(NC(=O)n2cc(F)c(=N)n(C)c2=O)cc1F. The van der Waals surface area contributed by atoms with E-state index in [0.717, 1.165) is 13.1 Å². The largest absolute Gasteiger partial charge is 0.494 e. The predicted octanol–water partition coefficient (Wildman–Crippen LogP) is 1.03. The van der Waals surface area contributed by atoms with Crippen LogP contribution in [0.1, 0.15) is 0 Å². The van der Waals surface area contributed by atoms with Gasteiger partial charge in [0, 0.05) is 18.8 Å². The number of aromatic nitrogens is 2. The molecule has 0 atom stereocenters. The Hall–Kier alpha value is -2.97. The molecule has 0 aliphatic heterocycles. The standard InChI is InChI=1S/C13H12F2N4O3/c1-18-11(16)9(15)6-19(13(18)21)12(20)17-7-3-4-10(22-2)8(14)5-7/h3-6,16H,1-2H3,(H,17,20). The molecule has 2 aromatic rings. The Labute approximate surface area is 122 Å². The smallest absolute Gasteiger partial charge is 0.337 e. The van der Waals surface area contributed by atoms with Crippen LogP contribution in [0.25, 0.3) is 0 Å². The molecule has 0 saturated carbocycles. The molecule has 0 fully saturated rings. The number of hydrogen-bond acceptors (Lipinski definition) is 4. The summed E-state index contributed by atoms with van der Waals surface area (Å²) in [5, 5.41) is 9.55. The van der Waals surface area contributed by atoms with Crippen molar-refractivity contribution in [1.82, 2.24) is 9.13 Å². The van der Waals surface area contributed by atoms with E-state index in [1.54, 1.807) is 0 Å². The second-order valence-corrected chi connectivity index (χ2v) is 4.32. The quantitative estimate of drug-likeness (QED) is 0.868. The summed E-state index contributed by atoms with van der Waals surface area (Å²) in [6.45, 7) is 0. The molecule has 7 nitrogen and oxygen atoms in total. The molecule has 2 rings (SSSR count). The molecule has 0 aliphatic rings. The lowest BCUT2D eigenvalue weighted by molar-refractivity contribution is 0.251. The minimum atomic E-state index is -1.04. The van der Waals surface area contributed by atoms with Crippen molar-refractivity contribution in [2.75, 3.05) is 12.4 Å². The predicted molar refractivity (Wildman–Crippen MR) is 72.9 cm³/mol. The zero-order valence-electron chi connectivity index (χ0n) is 11.7. The van der Waals surface area contributed by atoms with Gasteiger partial charge in [0.1, 0.15) is 0 Å². The van der Waals surface area contributed by atoms with Gasteiger partial charge in [-0.25, -0.2) is 22.9 Å². The van der Waals surface area contributed by atoms with Crippen molar-refractivity contribution < 1.29 is 18.3 Å². The summed E-state index contributed by atoms with van der Waals surface area (Å²) in [4.78, 5) is 23.8. The number of carbonyl (C=O) groups excluding carboxylic acids is 1. The molecule has 2 N–H and O–H groups in total. The van der Waals surface area contributed by atoms with Crippen molar-refractivity contribution in [1.29, 1.82) is 5.41 Å². The van der Waals surface area contributed by atoms with Crippen LogP contribution >= 0.6 is 0 Å². The lowest BCUT2D eigenvalue weighted by Crippen LogP contribution is -2.43. The van der Waals surface area contributed by atoms with Crippen molar-refractivity contribution in [3.8, 4) is 5.75 Å². The minimum Gasteiger partial charge on any atom is -0.494 e. The van der Waals surface area contributed by atoms with Crippen LogP contribution in [0.4, 0.5) is 19.3 Å². The monoisotopic (exact) mass is 310 g/mol. The summed E-state index contributed by atoms with van der Waals surface area (Å²) in [5.74, 6) is -1.75. The van der Waals surface area contributed by atoms with Crippen LogP contribution in [-0.2, 0) is 7.05 Å². The zero-order valence-corrected chi connectivity index (χ0v) is 11.7. The summed E-state index contributed by atoms with van der Waals surface area (Å²) >= 11 is 0. The van der Waals surface area contributed by atoms with E-state index >= 15 is 0 Å². The van der Waals surface area contributed by atoms with E-state index in [-0.39, 0.29) is 11.4 Å². The molecular formula is C13H12F2N4O3. The van der Waals surface area contributed by atoms with E-state index in [4.69, 9.17) is 10.1 Å². The average molecular weight is 310 g/mol. The van der Waals surface area contributed by atoms with E-state index < -0.39 is 28.8 Å². The molecule has 22 heavy (non-hydrogen) atoms. The van der Waals surface area contributed by atoms with Gasteiger partial charge >= 0.3 is 11.7 Å². The molecule has 0 spiro atoms. The number of hydrogen-bond donors (Lipinski definition) is 2. The van der Waals surface area contributed by atoms with Gasteiger partial charge in [0.25, 0.3) is 0 Å². The van der Waals surface area contributed by atoms with Gasteiger partial charge in [0.2, 0.25) is 0 Å². The first-order chi connectivity index (χ1) is 10.3. The van der Waals surface area contributed by atoms with E-state index in [2.05, 4.69) is 5.32 Å². The highest BCUT2D eigenvalue weighted by atomic mass is 19.1. The van der Waals surface area contributed by atoms with Gasteiger partial charge in [-0.05, 0) is 12.1 Å². The van der Waals surface area contributed by atoms with Crippen LogP contribution in [0.15, 0.2) is 29.2 Å². The van der Waals surface area contributed by atoms with Crippen LogP contribution in [0.3, 0.4) is 0 Å². The molecule has 1 aromatic heterocycles. The number of nitrogens with one attached hydrogen (secondary N) is 2. The number of carbonyl (C=O) groups is 1. The number of methoxy groups -OCH3 is 1. The van der Waals surface area contributed by atoms with E-state index in [1.807, 2.05) is 0 Å². The van der Waals surface area contributed by atoms with Gasteiger partial charge in [-0.2, -0.15) is 0 Å². The number of rotatable bonds is 2. The molecule has 1 heterocycles. The second-order valence-electron chi connectivity index (χ2n) is 4.32. The Bertz CT molecular complexity index is 857. The molecule has 0 saturated heterocycles. The Balaban J connectivity index is 2.36. The fourth-order valence-corrected chi connectivity index (χ4v) is 1.72. The third-order valence-corrected chi connectivity index (χ3v) is 2.92. The lowest BCUT2D eigenvalue weighted by atomic mass is 10.3. The summed E-state index contributed by atoms with van der Waals surface area (Å²) in [7, 11) is 2.45. The minimum absolute atomic E-state index is 0.00818. The number of anilines is 1. The van der Waals surface area contributed by atoms with Gasteiger partial charge < -0.3 is 10.1 Å². The third-order valence-electron chi connectivity index (χ3n) is 2.92.